The predicted molar refractivity (Wildman–Crippen MR) is 121 cm³/mol. The van der Waals surface area contributed by atoms with Gasteiger partial charge >= 0.3 is 0 Å². The molecule has 3 saturated carbocycles. The summed E-state index contributed by atoms with van der Waals surface area (Å²) in [6, 6.07) is 0. The zero-order valence-electron chi connectivity index (χ0n) is 19.0. The largest absolute Gasteiger partial charge is 0.390 e. The molecule has 4 atom stereocenters. The van der Waals surface area contributed by atoms with Gasteiger partial charge in [0.1, 0.15) is 0 Å². The van der Waals surface area contributed by atoms with E-state index in [1.165, 1.54) is 75.4 Å². The Bertz CT molecular complexity index is 617. The van der Waals surface area contributed by atoms with Gasteiger partial charge in [0.25, 0.3) is 0 Å². The Labute approximate surface area is 174 Å². The predicted octanol–water partition coefficient (Wildman–Crippen LogP) is 7.76. The number of fused-ring (bicyclic) bond motifs is 1. The molecule has 0 unspecified atom stereocenters. The molecule has 28 heavy (non-hydrogen) atoms. The first kappa shape index (κ1) is 21.9. The van der Waals surface area contributed by atoms with E-state index in [0.717, 1.165) is 30.6 Å². The molecule has 0 heterocycles. The molecule has 0 aliphatic heterocycles. The molecule has 0 aromatic rings. The van der Waals surface area contributed by atoms with E-state index in [2.05, 4.69) is 32.6 Å². The van der Waals surface area contributed by atoms with Gasteiger partial charge in [-0.1, -0.05) is 56.6 Å². The van der Waals surface area contributed by atoms with Crippen LogP contribution in [0, 0.1) is 23.2 Å². The molecule has 0 radical (unpaired) electrons. The molecule has 0 bridgehead atoms. The summed E-state index contributed by atoms with van der Waals surface area (Å²) in [7, 11) is 0. The van der Waals surface area contributed by atoms with Crippen molar-refractivity contribution in [3.63, 3.8) is 0 Å². The molecule has 0 saturated heterocycles. The second-order valence-corrected chi connectivity index (χ2v) is 11.0. The number of rotatable bonds is 6. The molecule has 3 rings (SSSR count). The van der Waals surface area contributed by atoms with Gasteiger partial charge in [0.2, 0.25) is 0 Å². The molecule has 1 N–H and O–H groups in total. The van der Waals surface area contributed by atoms with Crippen LogP contribution in [-0.2, 0) is 0 Å². The maximum absolute atomic E-state index is 10.0. The van der Waals surface area contributed by atoms with Gasteiger partial charge in [0.05, 0.1) is 5.60 Å². The van der Waals surface area contributed by atoms with Gasteiger partial charge in [-0.2, -0.15) is 0 Å². The van der Waals surface area contributed by atoms with Gasteiger partial charge in [0.15, 0.2) is 0 Å². The molecule has 0 amide bonds. The van der Waals surface area contributed by atoms with E-state index in [1.54, 1.807) is 5.57 Å². The molecule has 3 fully saturated rings. The highest BCUT2D eigenvalue weighted by molar-refractivity contribution is 5.35. The first-order chi connectivity index (χ1) is 13.2. The molecule has 0 spiro atoms. The summed E-state index contributed by atoms with van der Waals surface area (Å²) >= 11 is 0. The van der Waals surface area contributed by atoms with Gasteiger partial charge in [-0.05, 0) is 107 Å². The van der Waals surface area contributed by atoms with Crippen molar-refractivity contribution < 1.29 is 5.11 Å². The van der Waals surface area contributed by atoms with Crippen LogP contribution in [0.5, 0.6) is 0 Å². The normalized spacial score (nSPS) is 35.4. The molecule has 0 aromatic carbocycles. The molecule has 158 valence electrons. The van der Waals surface area contributed by atoms with Crippen molar-refractivity contribution >= 4 is 0 Å². The third-order valence-corrected chi connectivity index (χ3v) is 8.30. The number of aliphatic hydroxyl groups is 1. The Kier molecular flexibility index (Phi) is 6.96. The van der Waals surface area contributed by atoms with Crippen molar-refractivity contribution in [1.82, 2.24) is 0 Å². The van der Waals surface area contributed by atoms with E-state index in [-0.39, 0.29) is 0 Å². The van der Waals surface area contributed by atoms with Crippen LogP contribution in [0.15, 0.2) is 35.5 Å². The zero-order chi connectivity index (χ0) is 20.4. The summed E-state index contributed by atoms with van der Waals surface area (Å²) in [5.74, 6) is 2.41. The minimum atomic E-state index is -0.515. The SMILES string of the molecule is C=C1CCCC/C1=C\C=C1/CCC[C@]2(C)[C@@H]([C@H](C)CCCC(C)(C)O)CC[C@@H]12. The molecular weight excluding hydrogens is 340 g/mol. The van der Waals surface area contributed by atoms with E-state index in [0.29, 0.717) is 5.41 Å². The number of allylic oxidation sites excluding steroid dienone is 5. The van der Waals surface area contributed by atoms with Crippen LogP contribution in [-0.4, -0.2) is 10.7 Å². The summed E-state index contributed by atoms with van der Waals surface area (Å²) in [6.45, 7) is 13.3. The molecular formula is C27H44O. The van der Waals surface area contributed by atoms with Crippen LogP contribution >= 0.6 is 0 Å². The Hall–Kier alpha value is -0.820. The Balaban J connectivity index is 1.67. The highest BCUT2D eigenvalue weighted by Crippen LogP contribution is 2.59. The summed E-state index contributed by atoms with van der Waals surface area (Å²) in [6.07, 6.45) is 20.2. The Morgan fingerprint density at radius 2 is 1.89 bits per heavy atom. The van der Waals surface area contributed by atoms with Crippen LogP contribution in [0.2, 0.25) is 0 Å². The molecule has 3 aliphatic carbocycles. The standard InChI is InChI=1S/C27H44O/c1-20-10-6-7-12-22(20)14-15-23-13-9-19-27(5)24(16-17-25(23)27)21(2)11-8-18-26(3,4)28/h14-15,21,24-25,28H,1,6-13,16-19H2,2-5H3/b22-14+,23-15+/t21-,24-,25+,27-/m1/s1. The van der Waals surface area contributed by atoms with Crippen molar-refractivity contribution in [3.8, 4) is 0 Å². The summed E-state index contributed by atoms with van der Waals surface area (Å²) < 4.78 is 0. The number of hydrogen-bond donors (Lipinski definition) is 1. The fourth-order valence-corrected chi connectivity index (χ4v) is 6.67. The highest BCUT2D eigenvalue weighted by atomic mass is 16.3. The fraction of sp³-hybridized carbons (Fsp3) is 0.778. The zero-order valence-corrected chi connectivity index (χ0v) is 19.0. The second-order valence-electron chi connectivity index (χ2n) is 11.0. The molecule has 1 nitrogen and oxygen atoms in total. The Morgan fingerprint density at radius 1 is 1.14 bits per heavy atom. The molecule has 1 heteroatoms. The maximum Gasteiger partial charge on any atom is 0.0591 e. The number of hydrogen-bond acceptors (Lipinski definition) is 1. The summed E-state index contributed by atoms with van der Waals surface area (Å²) in [4.78, 5) is 0. The van der Waals surface area contributed by atoms with E-state index in [4.69, 9.17) is 0 Å². The van der Waals surface area contributed by atoms with Crippen molar-refractivity contribution in [2.75, 3.05) is 0 Å². The smallest absolute Gasteiger partial charge is 0.0591 e. The van der Waals surface area contributed by atoms with Gasteiger partial charge in [-0.3, -0.25) is 0 Å². The van der Waals surface area contributed by atoms with E-state index < -0.39 is 5.60 Å². The van der Waals surface area contributed by atoms with Crippen LogP contribution < -0.4 is 0 Å². The Morgan fingerprint density at radius 3 is 2.61 bits per heavy atom. The molecule has 3 aliphatic rings. The second kappa shape index (κ2) is 8.90. The lowest BCUT2D eigenvalue weighted by atomic mass is 9.60. The third kappa shape index (κ3) is 5.02. The van der Waals surface area contributed by atoms with Gasteiger partial charge in [0, 0.05) is 0 Å². The lowest BCUT2D eigenvalue weighted by molar-refractivity contribution is 0.0597. The van der Waals surface area contributed by atoms with E-state index in [1.807, 2.05) is 13.8 Å². The first-order valence-corrected chi connectivity index (χ1v) is 12.0. The highest BCUT2D eigenvalue weighted by Gasteiger charge is 2.50. The quantitative estimate of drug-likeness (QED) is 0.496. The third-order valence-electron chi connectivity index (χ3n) is 8.30. The minimum absolute atomic E-state index is 0.486. The van der Waals surface area contributed by atoms with Crippen molar-refractivity contribution in [1.29, 1.82) is 0 Å². The first-order valence-electron chi connectivity index (χ1n) is 12.0. The fourth-order valence-electron chi connectivity index (χ4n) is 6.67. The van der Waals surface area contributed by atoms with Crippen LogP contribution in [0.1, 0.15) is 105 Å². The van der Waals surface area contributed by atoms with Crippen LogP contribution in [0.25, 0.3) is 0 Å². The summed E-state index contributed by atoms with van der Waals surface area (Å²) in [5, 5.41) is 10.0. The van der Waals surface area contributed by atoms with E-state index in [9.17, 15) is 5.11 Å². The topological polar surface area (TPSA) is 20.2 Å². The lowest BCUT2D eigenvalue weighted by Gasteiger charge is -2.44. The van der Waals surface area contributed by atoms with Crippen molar-refractivity contribution in [2.24, 2.45) is 23.2 Å². The van der Waals surface area contributed by atoms with Gasteiger partial charge < -0.3 is 5.11 Å². The average Bonchev–Trinajstić information content (AvgIpc) is 2.97. The van der Waals surface area contributed by atoms with Gasteiger partial charge in [-0.15, -0.1) is 0 Å². The van der Waals surface area contributed by atoms with E-state index >= 15 is 0 Å². The maximum atomic E-state index is 10.0. The summed E-state index contributed by atoms with van der Waals surface area (Å²) in [5.41, 5.74) is 4.59. The van der Waals surface area contributed by atoms with Crippen molar-refractivity contribution in [3.05, 3.63) is 35.5 Å². The van der Waals surface area contributed by atoms with Gasteiger partial charge in [-0.25, -0.2) is 0 Å². The monoisotopic (exact) mass is 384 g/mol. The molecule has 0 aromatic heterocycles. The van der Waals surface area contributed by atoms with Crippen molar-refractivity contribution in [2.45, 2.75) is 110 Å². The lowest BCUT2D eigenvalue weighted by Crippen LogP contribution is -2.36. The van der Waals surface area contributed by atoms with Crippen LogP contribution in [0.4, 0.5) is 0 Å². The van der Waals surface area contributed by atoms with Crippen LogP contribution in [0.3, 0.4) is 0 Å². The minimum Gasteiger partial charge on any atom is -0.390 e. The average molecular weight is 385 g/mol.